The lowest BCUT2D eigenvalue weighted by molar-refractivity contribution is -0.132. The zero-order valence-electron chi connectivity index (χ0n) is 11.6. The number of amides is 1. The summed E-state index contributed by atoms with van der Waals surface area (Å²) in [5.41, 5.74) is 0. The number of thioether (sulfide) groups is 1. The fraction of sp³-hybridized carbons (Fsp3) is 0.929. The van der Waals surface area contributed by atoms with Gasteiger partial charge in [0.1, 0.15) is 0 Å². The van der Waals surface area contributed by atoms with Crippen LogP contribution < -0.4 is 5.32 Å². The molecule has 0 spiro atoms. The van der Waals surface area contributed by atoms with Gasteiger partial charge in [0.2, 0.25) is 5.91 Å². The van der Waals surface area contributed by atoms with E-state index in [1.807, 2.05) is 16.7 Å². The van der Waals surface area contributed by atoms with E-state index in [4.69, 9.17) is 5.11 Å². The highest BCUT2D eigenvalue weighted by molar-refractivity contribution is 8.00. The number of likely N-dealkylation sites (tertiary alicyclic amines) is 1. The van der Waals surface area contributed by atoms with Gasteiger partial charge in [0, 0.05) is 24.4 Å². The van der Waals surface area contributed by atoms with Crippen LogP contribution in [0, 0.1) is 0 Å². The average molecular weight is 286 g/mol. The number of carbonyl (C=O) groups is 1. The molecule has 2 rings (SSSR count). The third-order valence-corrected chi connectivity index (χ3v) is 5.49. The second-order valence-electron chi connectivity index (χ2n) is 5.51. The van der Waals surface area contributed by atoms with Gasteiger partial charge in [0.25, 0.3) is 0 Å². The van der Waals surface area contributed by atoms with Gasteiger partial charge in [-0.2, -0.15) is 0 Å². The second kappa shape index (κ2) is 8.12. The molecule has 0 aromatic heterocycles. The van der Waals surface area contributed by atoms with Gasteiger partial charge >= 0.3 is 0 Å². The van der Waals surface area contributed by atoms with E-state index in [1.54, 1.807) is 0 Å². The van der Waals surface area contributed by atoms with Crippen LogP contribution in [0.15, 0.2) is 0 Å². The first-order chi connectivity index (χ1) is 9.31. The van der Waals surface area contributed by atoms with Crippen LogP contribution in [0.2, 0.25) is 0 Å². The van der Waals surface area contributed by atoms with Crippen LogP contribution >= 0.6 is 11.8 Å². The number of piperidine rings is 2. The van der Waals surface area contributed by atoms with E-state index >= 15 is 0 Å². The first kappa shape index (κ1) is 15.1. The minimum Gasteiger partial charge on any atom is -0.396 e. The normalized spacial score (nSPS) is 25.5. The maximum Gasteiger partial charge on any atom is 0.232 e. The fourth-order valence-electron chi connectivity index (χ4n) is 3.01. The molecule has 2 saturated heterocycles. The molecule has 1 unspecified atom stereocenters. The lowest BCUT2D eigenvalue weighted by atomic mass is 10.00. The third-order valence-electron chi connectivity index (χ3n) is 4.14. The highest BCUT2D eigenvalue weighted by Gasteiger charge is 2.26. The molecule has 110 valence electrons. The molecule has 0 bridgehead atoms. The Kier molecular flexibility index (Phi) is 6.47. The van der Waals surface area contributed by atoms with Crippen molar-refractivity contribution in [2.75, 3.05) is 32.0 Å². The lowest BCUT2D eigenvalue weighted by Crippen LogP contribution is -2.45. The van der Waals surface area contributed by atoms with E-state index in [0.717, 1.165) is 38.9 Å². The minimum atomic E-state index is 0.190. The van der Waals surface area contributed by atoms with E-state index < -0.39 is 0 Å². The Morgan fingerprint density at radius 1 is 1.26 bits per heavy atom. The molecule has 2 heterocycles. The lowest BCUT2D eigenvalue weighted by Gasteiger charge is -2.36. The van der Waals surface area contributed by atoms with E-state index in [1.165, 1.54) is 19.3 Å². The van der Waals surface area contributed by atoms with E-state index in [9.17, 15) is 4.79 Å². The van der Waals surface area contributed by atoms with Crippen LogP contribution in [-0.4, -0.2) is 59.2 Å². The van der Waals surface area contributed by atoms with Crippen molar-refractivity contribution in [1.29, 1.82) is 0 Å². The molecule has 2 aliphatic heterocycles. The number of aliphatic hydroxyl groups is 1. The van der Waals surface area contributed by atoms with Crippen LogP contribution in [0.3, 0.4) is 0 Å². The second-order valence-corrected chi connectivity index (χ2v) is 6.80. The van der Waals surface area contributed by atoms with Gasteiger partial charge in [-0.3, -0.25) is 4.79 Å². The summed E-state index contributed by atoms with van der Waals surface area (Å²) in [6, 6.07) is 0.278. The number of nitrogens with zero attached hydrogens (tertiary/aromatic N) is 1. The number of rotatable bonds is 5. The quantitative estimate of drug-likeness (QED) is 0.798. The van der Waals surface area contributed by atoms with Gasteiger partial charge in [0.15, 0.2) is 0 Å². The Morgan fingerprint density at radius 3 is 2.79 bits per heavy atom. The van der Waals surface area contributed by atoms with Gasteiger partial charge < -0.3 is 15.3 Å². The molecule has 4 nitrogen and oxygen atoms in total. The molecule has 0 aromatic rings. The van der Waals surface area contributed by atoms with Gasteiger partial charge in [0.05, 0.1) is 5.75 Å². The summed E-state index contributed by atoms with van der Waals surface area (Å²) in [4.78, 5) is 14.4. The highest BCUT2D eigenvalue weighted by Crippen LogP contribution is 2.24. The van der Waals surface area contributed by atoms with E-state index in [-0.39, 0.29) is 18.6 Å². The molecule has 1 atom stereocenters. The molecular weight excluding hydrogens is 260 g/mol. The van der Waals surface area contributed by atoms with Crippen molar-refractivity contribution >= 4 is 17.7 Å². The molecule has 1 amide bonds. The zero-order valence-corrected chi connectivity index (χ0v) is 12.5. The summed E-state index contributed by atoms with van der Waals surface area (Å²) in [7, 11) is 0. The van der Waals surface area contributed by atoms with Gasteiger partial charge in [-0.1, -0.05) is 0 Å². The zero-order chi connectivity index (χ0) is 13.5. The van der Waals surface area contributed by atoms with E-state index in [0.29, 0.717) is 11.0 Å². The molecule has 0 aliphatic carbocycles. The Morgan fingerprint density at radius 2 is 2.05 bits per heavy atom. The highest BCUT2D eigenvalue weighted by atomic mass is 32.2. The number of carbonyl (C=O) groups excluding carboxylic acids is 1. The van der Waals surface area contributed by atoms with Crippen molar-refractivity contribution in [2.45, 2.75) is 49.8 Å². The SMILES string of the molecule is O=C(CSC1CCNCC1)N1CCCCC1CCO. The van der Waals surface area contributed by atoms with Crippen LogP contribution in [0.1, 0.15) is 38.5 Å². The van der Waals surface area contributed by atoms with Gasteiger partial charge in [-0.15, -0.1) is 11.8 Å². The number of aliphatic hydroxyl groups excluding tert-OH is 1. The smallest absolute Gasteiger partial charge is 0.232 e. The molecule has 0 saturated carbocycles. The predicted molar refractivity (Wildman–Crippen MR) is 79.4 cm³/mol. The molecular formula is C14H26N2O2S. The summed E-state index contributed by atoms with van der Waals surface area (Å²) in [5.74, 6) is 0.897. The van der Waals surface area contributed by atoms with Gasteiger partial charge in [-0.25, -0.2) is 0 Å². The molecule has 2 aliphatic rings. The van der Waals surface area contributed by atoms with Crippen LogP contribution in [-0.2, 0) is 4.79 Å². The maximum absolute atomic E-state index is 12.3. The van der Waals surface area contributed by atoms with Crippen molar-refractivity contribution < 1.29 is 9.90 Å². The van der Waals surface area contributed by atoms with Crippen LogP contribution in [0.4, 0.5) is 0 Å². The molecule has 2 N–H and O–H groups in total. The van der Waals surface area contributed by atoms with Crippen molar-refractivity contribution in [3.63, 3.8) is 0 Å². The predicted octanol–water partition coefficient (Wildman–Crippen LogP) is 1.24. The molecule has 19 heavy (non-hydrogen) atoms. The fourth-order valence-corrected chi connectivity index (χ4v) is 4.13. The summed E-state index contributed by atoms with van der Waals surface area (Å²) >= 11 is 1.83. The van der Waals surface area contributed by atoms with E-state index in [2.05, 4.69) is 5.32 Å². The Balaban J connectivity index is 1.76. The summed E-state index contributed by atoms with van der Waals surface area (Å²) in [6.45, 7) is 3.25. The van der Waals surface area contributed by atoms with Crippen LogP contribution in [0.25, 0.3) is 0 Å². The van der Waals surface area contributed by atoms with Crippen molar-refractivity contribution in [1.82, 2.24) is 10.2 Å². The Hall–Kier alpha value is -0.260. The monoisotopic (exact) mass is 286 g/mol. The molecule has 2 fully saturated rings. The standard InChI is InChI=1S/C14H26N2O2S/c17-10-6-12-3-1-2-9-16(12)14(18)11-19-13-4-7-15-8-5-13/h12-13,15,17H,1-11H2. The topological polar surface area (TPSA) is 52.6 Å². The first-order valence-corrected chi connectivity index (χ1v) is 8.59. The number of nitrogens with one attached hydrogen (secondary N) is 1. The van der Waals surface area contributed by atoms with Crippen molar-refractivity contribution in [3.8, 4) is 0 Å². The Bertz CT molecular complexity index is 281. The Labute approximate surface area is 120 Å². The van der Waals surface area contributed by atoms with Gasteiger partial charge in [-0.05, 0) is 51.6 Å². The minimum absolute atomic E-state index is 0.190. The maximum atomic E-state index is 12.3. The number of hydrogen-bond donors (Lipinski definition) is 2. The van der Waals surface area contributed by atoms with Crippen molar-refractivity contribution in [2.24, 2.45) is 0 Å². The summed E-state index contributed by atoms with van der Waals surface area (Å²) in [6.07, 6.45) is 6.46. The molecule has 0 aromatic carbocycles. The average Bonchev–Trinajstić information content (AvgIpc) is 2.47. The van der Waals surface area contributed by atoms with Crippen molar-refractivity contribution in [3.05, 3.63) is 0 Å². The first-order valence-electron chi connectivity index (χ1n) is 7.54. The van der Waals surface area contributed by atoms with Crippen LogP contribution in [0.5, 0.6) is 0 Å². The molecule has 0 radical (unpaired) electrons. The summed E-state index contributed by atoms with van der Waals surface area (Å²) in [5, 5.41) is 13.1. The summed E-state index contributed by atoms with van der Waals surface area (Å²) < 4.78 is 0. The number of hydrogen-bond acceptors (Lipinski definition) is 4. The molecule has 5 heteroatoms. The third kappa shape index (κ3) is 4.65. The largest absolute Gasteiger partial charge is 0.396 e.